The number of aliphatic imine (C=N–C) groups is 1. The van der Waals surface area contributed by atoms with Gasteiger partial charge >= 0.3 is 0 Å². The van der Waals surface area contributed by atoms with Crippen LogP contribution in [0.1, 0.15) is 250 Å². The molecule has 3 N–H and O–H groups in total. The quantitative estimate of drug-likeness (QED) is 0.0516. The van der Waals surface area contributed by atoms with E-state index < -0.39 is 16.7 Å². The number of nitrogens with one attached hydrogen (secondary N) is 2. The standard InChI is InChI=1S/C35H50FN3O.C9H18O2.C8H16.C7H16.C4H10/c1-10-16-30(29(36)15-6)38-34-26(9)31(37-21-13-4)23-32(39-34)27-17-18-28(25(8)22-27)35(19-11-2,20-12-3)33(40)24(7)14-5;1-5-7(2)8(11)9(3,4)6-10;1-3-4-8-5-7(2)6-8;1-3-5-7-6-4-2;1-4(2)3/h10,15-18,21-24,32,38-39H,6,11-14,19-20H2,1-5,7-9H3;7,10H,5-6H2,1-4H3;7-8H,3-6H2,1-2H3;3-7H2,1-2H3;4H,1-3H3/b16-10-,30-29-,37-21?;;;;. The third-order valence-corrected chi connectivity index (χ3v) is 13.3. The molecule has 0 bridgehead atoms. The Morgan fingerprint density at radius 3 is 1.83 bits per heavy atom. The number of rotatable bonds is 25. The first-order chi connectivity index (χ1) is 33.1. The van der Waals surface area contributed by atoms with Crippen molar-refractivity contribution in [3.05, 3.63) is 94.4 Å². The summed E-state index contributed by atoms with van der Waals surface area (Å²) >= 11 is 0. The maximum Gasteiger partial charge on any atom is 0.146 e. The van der Waals surface area contributed by atoms with Gasteiger partial charge in [0.1, 0.15) is 23.2 Å². The summed E-state index contributed by atoms with van der Waals surface area (Å²) in [6.45, 7) is 43.1. The molecule has 1 aromatic rings. The fourth-order valence-electron chi connectivity index (χ4n) is 8.97. The van der Waals surface area contributed by atoms with E-state index in [1.165, 1.54) is 63.9 Å². The van der Waals surface area contributed by atoms with Gasteiger partial charge in [0.05, 0.1) is 29.5 Å². The number of unbranched alkanes of at least 4 members (excludes halogenated alkanes) is 4. The summed E-state index contributed by atoms with van der Waals surface area (Å²) in [5.41, 5.74) is 4.38. The third kappa shape index (κ3) is 24.7. The van der Waals surface area contributed by atoms with Crippen LogP contribution in [0.15, 0.2) is 82.7 Å². The Morgan fingerprint density at radius 1 is 0.871 bits per heavy atom. The van der Waals surface area contributed by atoms with Crippen molar-refractivity contribution in [1.29, 1.82) is 0 Å². The van der Waals surface area contributed by atoms with Crippen LogP contribution in [0, 0.1) is 41.9 Å². The Balaban J connectivity index is 0. The molecule has 0 saturated heterocycles. The van der Waals surface area contributed by atoms with Crippen molar-refractivity contribution in [3.8, 4) is 0 Å². The van der Waals surface area contributed by atoms with Crippen molar-refractivity contribution in [2.75, 3.05) is 6.61 Å². The highest BCUT2D eigenvalue weighted by Gasteiger charge is 2.41. The number of benzene rings is 1. The second-order valence-electron chi connectivity index (χ2n) is 21.6. The maximum atomic E-state index is 14.6. The van der Waals surface area contributed by atoms with Crippen LogP contribution < -0.4 is 10.6 Å². The highest BCUT2D eigenvalue weighted by Crippen LogP contribution is 2.41. The van der Waals surface area contributed by atoms with Crippen LogP contribution in [0.3, 0.4) is 0 Å². The van der Waals surface area contributed by atoms with Crippen molar-refractivity contribution in [3.63, 3.8) is 0 Å². The number of hydrogen-bond acceptors (Lipinski definition) is 6. The van der Waals surface area contributed by atoms with Gasteiger partial charge in [-0.15, -0.1) is 0 Å². The fourth-order valence-corrected chi connectivity index (χ4v) is 8.97. The van der Waals surface area contributed by atoms with Gasteiger partial charge < -0.3 is 15.7 Å². The van der Waals surface area contributed by atoms with Crippen LogP contribution in [-0.4, -0.2) is 29.5 Å². The van der Waals surface area contributed by atoms with E-state index in [0.717, 1.165) is 90.7 Å². The van der Waals surface area contributed by atoms with Crippen molar-refractivity contribution < 1.29 is 19.1 Å². The molecule has 7 heteroatoms. The number of dihydropyridines is 1. The predicted molar refractivity (Wildman–Crippen MR) is 306 cm³/mol. The lowest BCUT2D eigenvalue weighted by atomic mass is 9.65. The number of hydrogen-bond donors (Lipinski definition) is 3. The molecule has 2 aliphatic rings. The lowest BCUT2D eigenvalue weighted by molar-refractivity contribution is -0.132. The van der Waals surface area contributed by atoms with Crippen LogP contribution in [0.4, 0.5) is 4.39 Å². The first kappa shape index (κ1) is 68.5. The highest BCUT2D eigenvalue weighted by atomic mass is 19.1. The first-order valence-corrected chi connectivity index (χ1v) is 28.0. The Labute approximate surface area is 432 Å². The molecule has 1 aliphatic heterocycles. The number of aryl methyl sites for hydroxylation is 1. The van der Waals surface area contributed by atoms with E-state index in [-0.39, 0.29) is 30.3 Å². The minimum atomic E-state index is -0.560. The zero-order valence-electron chi connectivity index (χ0n) is 48.9. The van der Waals surface area contributed by atoms with E-state index in [1.54, 1.807) is 26.0 Å². The van der Waals surface area contributed by atoms with Gasteiger partial charge in [-0.3, -0.25) is 14.6 Å². The summed E-state index contributed by atoms with van der Waals surface area (Å²) in [4.78, 5) is 30.1. The van der Waals surface area contributed by atoms with E-state index in [4.69, 9.17) is 10.1 Å². The normalized spacial score (nSPS) is 18.0. The molecule has 1 aromatic carbocycles. The number of carbonyl (C=O) groups is 2. The van der Waals surface area contributed by atoms with Crippen LogP contribution in [0.5, 0.6) is 0 Å². The number of aliphatic hydroxyl groups is 1. The molecular weight excluding hydrogens is 866 g/mol. The van der Waals surface area contributed by atoms with E-state index >= 15 is 0 Å². The van der Waals surface area contributed by atoms with Crippen LogP contribution in [0.25, 0.3) is 0 Å². The number of allylic oxidation sites excluding steroid dienone is 5. The van der Waals surface area contributed by atoms with E-state index in [9.17, 15) is 14.0 Å². The molecule has 1 fully saturated rings. The number of Topliss-reactive ketones (excluding diaryl/α,β-unsaturated/α-hetero) is 2. The molecule has 0 spiro atoms. The van der Waals surface area contributed by atoms with Crippen LogP contribution >= 0.6 is 0 Å². The summed E-state index contributed by atoms with van der Waals surface area (Å²) in [5, 5.41) is 15.7. The molecule has 1 saturated carbocycles. The Kier molecular flexibility index (Phi) is 37.3. The lowest BCUT2D eigenvalue weighted by Crippen LogP contribution is -2.40. The molecule has 3 unspecified atom stereocenters. The molecule has 1 heterocycles. The van der Waals surface area contributed by atoms with Gasteiger partial charge in [-0.1, -0.05) is 199 Å². The Morgan fingerprint density at radius 2 is 1.41 bits per heavy atom. The third-order valence-electron chi connectivity index (χ3n) is 13.3. The van der Waals surface area contributed by atoms with Crippen molar-refractivity contribution in [2.45, 2.75) is 246 Å². The van der Waals surface area contributed by atoms with Gasteiger partial charge in [0.2, 0.25) is 0 Å². The second kappa shape index (κ2) is 38.1. The van der Waals surface area contributed by atoms with Gasteiger partial charge in [0.15, 0.2) is 0 Å². The average Bonchev–Trinajstić information content (AvgIpc) is 3.32. The van der Waals surface area contributed by atoms with Gasteiger partial charge in [-0.2, -0.15) is 0 Å². The summed E-state index contributed by atoms with van der Waals surface area (Å²) < 4.78 is 14.6. The van der Waals surface area contributed by atoms with Gasteiger partial charge in [-0.25, -0.2) is 4.39 Å². The number of nitrogens with zero attached hydrogens (tertiary/aromatic N) is 1. The molecule has 1 aliphatic carbocycles. The molecule has 0 radical (unpaired) electrons. The molecule has 0 amide bonds. The summed E-state index contributed by atoms with van der Waals surface area (Å²) in [6.07, 6.45) is 27.7. The Hall–Kier alpha value is -3.58. The van der Waals surface area contributed by atoms with Crippen molar-refractivity contribution in [2.24, 2.45) is 40.0 Å². The predicted octanol–water partition coefficient (Wildman–Crippen LogP) is 18.3. The summed E-state index contributed by atoms with van der Waals surface area (Å²) in [5.74, 6) is 3.86. The van der Waals surface area contributed by atoms with E-state index in [2.05, 4.69) is 131 Å². The number of ketones is 2. The minimum absolute atomic E-state index is 0.0243. The largest absolute Gasteiger partial charge is 0.395 e. The molecule has 402 valence electrons. The smallest absolute Gasteiger partial charge is 0.146 e. The van der Waals surface area contributed by atoms with E-state index in [0.29, 0.717) is 17.3 Å². The van der Waals surface area contributed by atoms with Gasteiger partial charge in [0.25, 0.3) is 0 Å². The SMILES string of the molecule is C=C/C(F)=C(\C=C/C)NC1=C(C)C(N=CCC)=CC(c2ccc(C(CCC)(CCC)C(=O)C(C)CC)c(C)c2)N1.CC(C)C.CCC(C)C(=O)C(C)(C)CO.CCCC1CC(C)C1.CCCCCCC. The highest BCUT2D eigenvalue weighted by molar-refractivity contribution is 5.92. The molecule has 6 nitrogen and oxygen atoms in total. The number of aliphatic hydroxyl groups excluding tert-OH is 1. The van der Waals surface area contributed by atoms with Crippen molar-refractivity contribution >= 4 is 17.8 Å². The first-order valence-electron chi connectivity index (χ1n) is 28.0. The van der Waals surface area contributed by atoms with Crippen LogP contribution in [0.2, 0.25) is 0 Å². The topological polar surface area (TPSA) is 90.8 Å². The van der Waals surface area contributed by atoms with E-state index in [1.807, 2.05) is 33.9 Å². The van der Waals surface area contributed by atoms with Crippen molar-refractivity contribution in [1.82, 2.24) is 10.6 Å². The zero-order valence-corrected chi connectivity index (χ0v) is 48.9. The van der Waals surface area contributed by atoms with Crippen LogP contribution in [-0.2, 0) is 15.0 Å². The second-order valence-corrected chi connectivity index (χ2v) is 21.6. The lowest BCUT2D eigenvalue weighted by Gasteiger charge is -2.37. The molecule has 3 rings (SSSR count). The number of carbonyl (C=O) groups excluding carboxylic acids is 2. The molecule has 3 atom stereocenters. The minimum Gasteiger partial charge on any atom is -0.395 e. The molecular formula is C63H110FN3O3. The van der Waals surface area contributed by atoms with Gasteiger partial charge in [0, 0.05) is 29.0 Å². The number of halogens is 1. The fraction of sp³-hybridized carbons (Fsp3) is 0.698. The monoisotopic (exact) mass is 976 g/mol. The summed E-state index contributed by atoms with van der Waals surface area (Å²) in [6, 6.07) is 6.31. The zero-order chi connectivity index (χ0) is 54.0. The molecule has 70 heavy (non-hydrogen) atoms. The summed E-state index contributed by atoms with van der Waals surface area (Å²) in [7, 11) is 0. The van der Waals surface area contributed by atoms with Gasteiger partial charge in [-0.05, 0) is 118 Å². The molecule has 0 aromatic heterocycles. The Bertz CT molecular complexity index is 1760. The average molecular weight is 977 g/mol. The maximum absolute atomic E-state index is 14.6.